The minimum atomic E-state index is -4.92. The van der Waals surface area contributed by atoms with Gasteiger partial charge in [-0.3, -0.25) is 37.3 Å². The van der Waals surface area contributed by atoms with Gasteiger partial charge >= 0.3 is 39.5 Å². The number of esters is 4. The number of phosphoric acid groups is 2. The van der Waals surface area contributed by atoms with Gasteiger partial charge in [-0.1, -0.05) is 175 Å². The van der Waals surface area contributed by atoms with Crippen LogP contribution in [0.1, 0.15) is 227 Å². The lowest BCUT2D eigenvalue weighted by atomic mass is 10.1. The van der Waals surface area contributed by atoms with Gasteiger partial charge in [-0.2, -0.15) is 0 Å². The highest BCUT2D eigenvalue weighted by atomic mass is 31.2. The number of ether oxygens (including phenoxy) is 4. The lowest BCUT2D eigenvalue weighted by Crippen LogP contribution is -2.30. The van der Waals surface area contributed by atoms with Gasteiger partial charge in [0.1, 0.15) is 19.3 Å². The van der Waals surface area contributed by atoms with E-state index in [4.69, 9.17) is 37.0 Å². The summed E-state index contributed by atoms with van der Waals surface area (Å²) in [5, 5.41) is 10.4. The second kappa shape index (κ2) is 44.0. The van der Waals surface area contributed by atoms with Crippen molar-refractivity contribution in [1.82, 2.24) is 0 Å². The highest BCUT2D eigenvalue weighted by Crippen LogP contribution is 2.45. The van der Waals surface area contributed by atoms with Gasteiger partial charge in [0.25, 0.3) is 0 Å². The van der Waals surface area contributed by atoms with Gasteiger partial charge in [0.2, 0.25) is 0 Å². The smallest absolute Gasteiger partial charge is 0.462 e. The van der Waals surface area contributed by atoms with E-state index in [2.05, 4.69) is 27.7 Å². The Labute approximate surface area is 403 Å². The number of hydrogen-bond donors (Lipinski definition) is 3. The maximum absolute atomic E-state index is 12.8. The number of aliphatic hydroxyl groups is 1. The molecule has 0 aliphatic heterocycles. The first-order valence-electron chi connectivity index (χ1n) is 25.8. The van der Waals surface area contributed by atoms with Crippen LogP contribution in [-0.4, -0.2) is 96.7 Å². The van der Waals surface area contributed by atoms with Gasteiger partial charge < -0.3 is 33.8 Å². The SMILES string of the molecule is CCCCCCCCCCC(=O)O[C@H](COC(=O)CCCCCCCCC)COP(=O)(O)OC[C@@H](O)COP(=O)(O)OC[C@@H](COC(=O)CCCCCCC)OC(=O)CCCCCCCCC. The van der Waals surface area contributed by atoms with Gasteiger partial charge in [0.05, 0.1) is 26.4 Å². The molecule has 19 heteroatoms. The Morgan fingerprint density at radius 2 is 0.597 bits per heavy atom. The van der Waals surface area contributed by atoms with Crippen LogP contribution in [0.3, 0.4) is 0 Å². The summed E-state index contributed by atoms with van der Waals surface area (Å²) in [7, 11) is -9.83. The van der Waals surface area contributed by atoms with Crippen LogP contribution in [0, 0.1) is 0 Å². The Kier molecular flexibility index (Phi) is 42.8. The first-order valence-corrected chi connectivity index (χ1v) is 28.8. The topological polar surface area (TPSA) is 237 Å². The molecule has 0 aromatic carbocycles. The third-order valence-electron chi connectivity index (χ3n) is 10.9. The van der Waals surface area contributed by atoms with Crippen LogP contribution in [0.2, 0.25) is 0 Å². The maximum atomic E-state index is 12.8. The molecule has 0 radical (unpaired) electrons. The molecule has 0 amide bonds. The van der Waals surface area contributed by atoms with Crippen LogP contribution in [0.4, 0.5) is 0 Å². The van der Waals surface area contributed by atoms with Crippen molar-refractivity contribution >= 4 is 39.5 Å². The van der Waals surface area contributed by atoms with Crippen molar-refractivity contribution in [3.63, 3.8) is 0 Å². The first kappa shape index (κ1) is 65.1. The predicted molar refractivity (Wildman–Crippen MR) is 257 cm³/mol. The largest absolute Gasteiger partial charge is 0.472 e. The molecule has 0 aliphatic rings. The molecule has 17 nitrogen and oxygen atoms in total. The number of carbonyl (C=O) groups excluding carboxylic acids is 4. The Balaban J connectivity index is 5.16. The Morgan fingerprint density at radius 1 is 0.358 bits per heavy atom. The van der Waals surface area contributed by atoms with E-state index in [0.29, 0.717) is 25.7 Å². The summed E-state index contributed by atoms with van der Waals surface area (Å²) in [4.78, 5) is 70.8. The molecule has 2 unspecified atom stereocenters. The monoisotopic (exact) mass is 1000 g/mol. The molecule has 0 aromatic heterocycles. The van der Waals surface area contributed by atoms with Crippen LogP contribution < -0.4 is 0 Å². The van der Waals surface area contributed by atoms with Gasteiger partial charge in [-0.15, -0.1) is 0 Å². The third-order valence-corrected chi connectivity index (χ3v) is 12.8. The third kappa shape index (κ3) is 43.8. The fraction of sp³-hybridized carbons (Fsp3) is 0.917. The van der Waals surface area contributed by atoms with Crippen molar-refractivity contribution in [3.8, 4) is 0 Å². The summed E-state index contributed by atoms with van der Waals surface area (Å²) >= 11 is 0. The lowest BCUT2D eigenvalue weighted by molar-refractivity contribution is -0.161. The minimum absolute atomic E-state index is 0.103. The van der Waals surface area contributed by atoms with E-state index in [1.165, 1.54) is 19.3 Å². The number of unbranched alkanes of at least 4 members (excludes halogenated alkanes) is 23. The molecule has 0 saturated heterocycles. The van der Waals surface area contributed by atoms with E-state index >= 15 is 0 Å². The minimum Gasteiger partial charge on any atom is -0.462 e. The van der Waals surface area contributed by atoms with Crippen molar-refractivity contribution in [2.45, 2.75) is 245 Å². The Bertz CT molecular complexity index is 1340. The quantitative estimate of drug-likeness (QED) is 0.0222. The van der Waals surface area contributed by atoms with Crippen LogP contribution in [-0.2, 0) is 65.4 Å². The van der Waals surface area contributed by atoms with Crippen LogP contribution >= 0.6 is 15.6 Å². The number of carbonyl (C=O) groups is 4. The van der Waals surface area contributed by atoms with Gasteiger partial charge in [0.15, 0.2) is 12.2 Å². The summed E-state index contributed by atoms with van der Waals surface area (Å²) in [5.41, 5.74) is 0. The summed E-state index contributed by atoms with van der Waals surface area (Å²) < 4.78 is 66.8. The highest BCUT2D eigenvalue weighted by Gasteiger charge is 2.30. The molecule has 0 bridgehead atoms. The van der Waals surface area contributed by atoms with E-state index in [0.717, 1.165) is 128 Å². The number of rotatable bonds is 49. The molecule has 67 heavy (non-hydrogen) atoms. The van der Waals surface area contributed by atoms with Crippen molar-refractivity contribution < 1.29 is 80.2 Å². The molecule has 0 spiro atoms. The molecule has 0 heterocycles. The standard InChI is InChI=1S/C48H92O17P2/c1-5-9-13-17-20-23-27-31-35-48(53)65-44(39-59-46(51)33-29-25-21-18-14-10-6-2)41-63-67(56,57)61-37-42(49)36-60-66(54,55)62-40-43(38-58-45(50)32-28-24-16-12-8-4)64-47(52)34-30-26-22-19-15-11-7-3/h42-44,49H,5-41H2,1-4H3,(H,54,55)(H,56,57)/t42-,43+,44+/m0/s1. The second-order valence-corrected chi connectivity index (χ2v) is 20.4. The summed E-state index contributed by atoms with van der Waals surface area (Å²) in [6.45, 7) is 4.56. The number of phosphoric ester groups is 2. The average Bonchev–Trinajstić information content (AvgIpc) is 3.29. The van der Waals surface area contributed by atoms with Crippen molar-refractivity contribution in [2.75, 3.05) is 39.6 Å². The summed E-state index contributed by atoms with van der Waals surface area (Å²) in [5.74, 6) is -2.18. The normalized spacial score (nSPS) is 14.7. The molecule has 0 rings (SSSR count). The first-order chi connectivity index (χ1) is 32.2. The molecule has 3 N–H and O–H groups in total. The van der Waals surface area contributed by atoms with E-state index in [1.807, 2.05) is 0 Å². The number of hydrogen-bond acceptors (Lipinski definition) is 15. The molecule has 396 valence electrons. The molecule has 0 saturated carbocycles. The lowest BCUT2D eigenvalue weighted by Gasteiger charge is -2.21. The second-order valence-electron chi connectivity index (χ2n) is 17.5. The van der Waals surface area contributed by atoms with E-state index in [1.54, 1.807) is 0 Å². The summed E-state index contributed by atoms with van der Waals surface area (Å²) in [6.07, 6.45) is 23.2. The average molecular weight is 1000 g/mol. The molecule has 5 atom stereocenters. The van der Waals surface area contributed by atoms with E-state index in [9.17, 15) is 43.2 Å². The van der Waals surface area contributed by atoms with Gasteiger partial charge in [-0.25, -0.2) is 9.13 Å². The summed E-state index contributed by atoms with van der Waals surface area (Å²) in [6, 6.07) is 0. The zero-order chi connectivity index (χ0) is 49.9. The zero-order valence-corrected chi connectivity index (χ0v) is 43.6. The maximum Gasteiger partial charge on any atom is 0.472 e. The predicted octanol–water partition coefficient (Wildman–Crippen LogP) is 11.7. The molecular weight excluding hydrogens is 910 g/mol. The molecular formula is C48H92O17P2. The molecule has 0 fully saturated rings. The van der Waals surface area contributed by atoms with E-state index in [-0.39, 0.29) is 25.7 Å². The van der Waals surface area contributed by atoms with Gasteiger partial charge in [-0.05, 0) is 25.7 Å². The number of aliphatic hydroxyl groups excluding tert-OH is 1. The van der Waals surface area contributed by atoms with Gasteiger partial charge in [0, 0.05) is 25.7 Å². The molecule has 0 aromatic rings. The van der Waals surface area contributed by atoms with Crippen LogP contribution in [0.25, 0.3) is 0 Å². The van der Waals surface area contributed by atoms with E-state index < -0.39 is 97.5 Å². The van der Waals surface area contributed by atoms with Crippen LogP contribution in [0.5, 0.6) is 0 Å². The fourth-order valence-corrected chi connectivity index (χ4v) is 8.38. The van der Waals surface area contributed by atoms with Crippen molar-refractivity contribution in [1.29, 1.82) is 0 Å². The fourth-order valence-electron chi connectivity index (χ4n) is 6.80. The van der Waals surface area contributed by atoms with Crippen LogP contribution in [0.15, 0.2) is 0 Å². The van der Waals surface area contributed by atoms with Crippen molar-refractivity contribution in [3.05, 3.63) is 0 Å². The zero-order valence-electron chi connectivity index (χ0n) is 41.8. The van der Waals surface area contributed by atoms with Crippen molar-refractivity contribution in [2.24, 2.45) is 0 Å². The molecule has 0 aliphatic carbocycles. The Hall–Kier alpha value is -1.94. The highest BCUT2D eigenvalue weighted by molar-refractivity contribution is 7.47. The Morgan fingerprint density at radius 3 is 0.881 bits per heavy atom.